The molecule has 1 aliphatic heterocycles. The fourth-order valence-corrected chi connectivity index (χ4v) is 3.07. The number of benzene rings is 1. The Morgan fingerprint density at radius 3 is 3.06 bits per heavy atom. The van der Waals surface area contributed by atoms with E-state index < -0.39 is 0 Å². The molecular formula is C14H19BrClNO. The van der Waals surface area contributed by atoms with Crippen molar-refractivity contribution in [2.24, 2.45) is 5.92 Å². The van der Waals surface area contributed by atoms with Crippen LogP contribution in [-0.4, -0.2) is 19.8 Å². The third kappa shape index (κ3) is 3.47. The van der Waals surface area contributed by atoms with Gasteiger partial charge in [-0.1, -0.05) is 34.5 Å². The summed E-state index contributed by atoms with van der Waals surface area (Å²) in [6.45, 7) is 4.90. The number of rotatable bonds is 5. The molecule has 2 unspecified atom stereocenters. The minimum Gasteiger partial charge on any atom is -0.381 e. The quantitative estimate of drug-likeness (QED) is 0.873. The first-order valence-electron chi connectivity index (χ1n) is 6.48. The second-order valence-electron chi connectivity index (χ2n) is 4.72. The molecule has 1 aromatic rings. The van der Waals surface area contributed by atoms with Crippen molar-refractivity contribution in [2.75, 3.05) is 19.8 Å². The number of ether oxygens (including phenoxy) is 1. The molecule has 0 spiro atoms. The Kier molecular flexibility index (Phi) is 5.49. The van der Waals surface area contributed by atoms with Crippen molar-refractivity contribution in [3.63, 3.8) is 0 Å². The molecule has 2 atom stereocenters. The molecule has 0 aromatic heterocycles. The van der Waals surface area contributed by atoms with Gasteiger partial charge >= 0.3 is 0 Å². The summed E-state index contributed by atoms with van der Waals surface area (Å²) in [7, 11) is 0. The van der Waals surface area contributed by atoms with Gasteiger partial charge in [0.15, 0.2) is 0 Å². The highest BCUT2D eigenvalue weighted by atomic mass is 79.9. The van der Waals surface area contributed by atoms with Crippen molar-refractivity contribution in [1.29, 1.82) is 0 Å². The molecule has 1 N–H and O–H groups in total. The van der Waals surface area contributed by atoms with Crippen LogP contribution in [0.25, 0.3) is 0 Å². The zero-order valence-electron chi connectivity index (χ0n) is 10.6. The Hall–Kier alpha value is -0.0900. The molecule has 0 radical (unpaired) electrons. The lowest BCUT2D eigenvalue weighted by Gasteiger charge is -2.25. The average molecular weight is 333 g/mol. The van der Waals surface area contributed by atoms with E-state index in [2.05, 4.69) is 34.2 Å². The highest BCUT2D eigenvalue weighted by molar-refractivity contribution is 9.10. The van der Waals surface area contributed by atoms with Crippen LogP contribution in [0.2, 0.25) is 5.02 Å². The van der Waals surface area contributed by atoms with Crippen molar-refractivity contribution in [1.82, 2.24) is 5.32 Å². The van der Waals surface area contributed by atoms with Crippen molar-refractivity contribution in [3.8, 4) is 0 Å². The fourth-order valence-electron chi connectivity index (χ4n) is 2.40. The van der Waals surface area contributed by atoms with E-state index in [0.29, 0.717) is 12.0 Å². The van der Waals surface area contributed by atoms with Crippen molar-refractivity contribution >= 4 is 27.5 Å². The molecule has 0 aliphatic carbocycles. The fraction of sp³-hybridized carbons (Fsp3) is 0.571. The maximum absolute atomic E-state index is 6.12. The molecule has 2 rings (SSSR count). The van der Waals surface area contributed by atoms with Gasteiger partial charge < -0.3 is 10.1 Å². The predicted molar refractivity (Wildman–Crippen MR) is 79.1 cm³/mol. The maximum Gasteiger partial charge on any atom is 0.0513 e. The van der Waals surface area contributed by atoms with Crippen molar-refractivity contribution < 1.29 is 4.74 Å². The van der Waals surface area contributed by atoms with Gasteiger partial charge in [-0.2, -0.15) is 0 Å². The molecule has 0 bridgehead atoms. The topological polar surface area (TPSA) is 21.3 Å². The Bertz CT molecular complexity index is 393. The number of halogens is 2. The highest BCUT2D eigenvalue weighted by Crippen LogP contribution is 2.34. The Morgan fingerprint density at radius 2 is 2.39 bits per heavy atom. The maximum atomic E-state index is 6.12. The van der Waals surface area contributed by atoms with E-state index in [-0.39, 0.29) is 0 Å². The van der Waals surface area contributed by atoms with Crippen LogP contribution in [0.4, 0.5) is 0 Å². The second-order valence-corrected chi connectivity index (χ2v) is 6.01. The minimum absolute atomic E-state index is 0.320. The lowest BCUT2D eigenvalue weighted by Crippen LogP contribution is -2.29. The summed E-state index contributed by atoms with van der Waals surface area (Å²) in [4.78, 5) is 0. The summed E-state index contributed by atoms with van der Waals surface area (Å²) < 4.78 is 6.64. The lowest BCUT2D eigenvalue weighted by molar-refractivity contribution is 0.176. The Balaban J connectivity index is 2.23. The summed E-state index contributed by atoms with van der Waals surface area (Å²) in [6.07, 6.45) is 2.24. The van der Waals surface area contributed by atoms with E-state index in [1.807, 2.05) is 12.1 Å². The average Bonchev–Trinajstić information content (AvgIpc) is 2.88. The summed E-state index contributed by atoms with van der Waals surface area (Å²) in [5, 5.41) is 4.41. The third-order valence-corrected chi connectivity index (χ3v) is 4.30. The van der Waals surface area contributed by atoms with Crippen LogP contribution in [-0.2, 0) is 4.74 Å². The normalized spacial score (nSPS) is 21.2. The molecule has 0 amide bonds. The van der Waals surface area contributed by atoms with E-state index in [1.165, 1.54) is 5.56 Å². The summed E-state index contributed by atoms with van der Waals surface area (Å²) in [5.41, 5.74) is 1.24. The van der Waals surface area contributed by atoms with Crippen LogP contribution in [0, 0.1) is 5.92 Å². The molecule has 1 aliphatic rings. The molecule has 1 aromatic carbocycles. The van der Waals surface area contributed by atoms with Gasteiger partial charge in [-0.25, -0.2) is 0 Å². The molecule has 1 fully saturated rings. The number of hydrogen-bond acceptors (Lipinski definition) is 2. The van der Waals surface area contributed by atoms with Crippen LogP contribution >= 0.6 is 27.5 Å². The van der Waals surface area contributed by atoms with E-state index in [1.54, 1.807) is 0 Å². The van der Waals surface area contributed by atoms with Crippen LogP contribution in [0.3, 0.4) is 0 Å². The first kappa shape index (κ1) is 14.3. The molecule has 100 valence electrons. The summed E-state index contributed by atoms with van der Waals surface area (Å²) in [6, 6.07) is 6.31. The van der Waals surface area contributed by atoms with Gasteiger partial charge in [0.1, 0.15) is 0 Å². The lowest BCUT2D eigenvalue weighted by atomic mass is 9.92. The van der Waals surface area contributed by atoms with Gasteiger partial charge in [-0.05, 0) is 43.1 Å². The molecule has 2 nitrogen and oxygen atoms in total. The SMILES string of the molecule is CCCNC(c1cc(Cl)ccc1Br)C1CCOC1. The van der Waals surface area contributed by atoms with E-state index >= 15 is 0 Å². The van der Waals surface area contributed by atoms with Crippen LogP contribution in [0.1, 0.15) is 31.4 Å². The van der Waals surface area contributed by atoms with Gasteiger partial charge in [-0.15, -0.1) is 0 Å². The molecule has 4 heteroatoms. The largest absolute Gasteiger partial charge is 0.381 e. The Labute approximate surface area is 122 Å². The second kappa shape index (κ2) is 6.90. The first-order valence-corrected chi connectivity index (χ1v) is 7.65. The Morgan fingerprint density at radius 1 is 1.56 bits per heavy atom. The summed E-state index contributed by atoms with van der Waals surface area (Å²) >= 11 is 9.75. The standard InChI is InChI=1S/C14H19BrClNO/c1-2-6-17-14(10-5-7-18-9-10)12-8-11(16)3-4-13(12)15/h3-4,8,10,14,17H,2,5-7,9H2,1H3. The number of nitrogens with one attached hydrogen (secondary N) is 1. The van der Waals surface area contributed by atoms with Crippen molar-refractivity contribution in [3.05, 3.63) is 33.3 Å². The first-order chi connectivity index (χ1) is 8.72. The van der Waals surface area contributed by atoms with Crippen molar-refractivity contribution in [2.45, 2.75) is 25.8 Å². The monoisotopic (exact) mass is 331 g/mol. The molecular weight excluding hydrogens is 314 g/mol. The zero-order valence-corrected chi connectivity index (χ0v) is 12.9. The third-order valence-electron chi connectivity index (χ3n) is 3.34. The molecule has 1 heterocycles. The zero-order chi connectivity index (χ0) is 13.0. The minimum atomic E-state index is 0.320. The summed E-state index contributed by atoms with van der Waals surface area (Å²) in [5.74, 6) is 0.534. The van der Waals surface area contributed by atoms with Gasteiger partial charge in [0.25, 0.3) is 0 Å². The number of hydrogen-bond donors (Lipinski definition) is 1. The van der Waals surface area contributed by atoms with Gasteiger partial charge in [0.05, 0.1) is 6.61 Å². The van der Waals surface area contributed by atoms with E-state index in [0.717, 1.165) is 42.1 Å². The van der Waals surface area contributed by atoms with Crippen LogP contribution in [0.15, 0.2) is 22.7 Å². The van der Waals surface area contributed by atoms with Crippen LogP contribution in [0.5, 0.6) is 0 Å². The van der Waals surface area contributed by atoms with Crippen LogP contribution < -0.4 is 5.32 Å². The molecule has 0 saturated carbocycles. The predicted octanol–water partition coefficient (Wildman–Crippen LogP) is 4.18. The van der Waals surface area contributed by atoms with E-state index in [9.17, 15) is 0 Å². The van der Waals surface area contributed by atoms with Gasteiger partial charge in [0, 0.05) is 28.1 Å². The van der Waals surface area contributed by atoms with Gasteiger partial charge in [0.2, 0.25) is 0 Å². The highest BCUT2D eigenvalue weighted by Gasteiger charge is 2.28. The molecule has 1 saturated heterocycles. The van der Waals surface area contributed by atoms with Gasteiger partial charge in [-0.3, -0.25) is 0 Å². The molecule has 18 heavy (non-hydrogen) atoms. The van der Waals surface area contributed by atoms with E-state index in [4.69, 9.17) is 16.3 Å². The smallest absolute Gasteiger partial charge is 0.0513 e.